The summed E-state index contributed by atoms with van der Waals surface area (Å²) in [5.74, 6) is -1.07. The number of hydrogen-bond acceptors (Lipinski definition) is 6. The number of nitrogen functional groups attached to an aromatic ring is 1. The molecule has 0 aliphatic heterocycles. The smallest absolute Gasteiger partial charge is 0.310 e. The molecule has 30 heavy (non-hydrogen) atoms. The molecule has 1 aromatic carbocycles. The number of nitrogens with zero attached hydrogens (tertiary/aromatic N) is 1. The van der Waals surface area contributed by atoms with Crippen LogP contribution in [0.25, 0.3) is 21.3 Å². The minimum absolute atomic E-state index is 0.0215. The molecule has 0 unspecified atom stereocenters. The van der Waals surface area contributed by atoms with E-state index in [0.29, 0.717) is 22.4 Å². The van der Waals surface area contributed by atoms with Crippen LogP contribution in [-0.4, -0.2) is 28.8 Å². The molecule has 0 saturated carbocycles. The molecule has 162 valence electrons. The number of anilines is 1. The first-order valence-corrected chi connectivity index (χ1v) is 10.5. The number of thiophene rings is 1. The SMILES string of the molecule is CC(C)(C)O.COC(=O)Cc1c(C)nc2sc(C)cc2c1-c1ccc(N)c(F)c1Cl. The highest BCUT2D eigenvalue weighted by Crippen LogP contribution is 2.41. The summed E-state index contributed by atoms with van der Waals surface area (Å²) in [7, 11) is 1.33. The Bertz CT molecular complexity index is 1080. The molecule has 0 fully saturated rings. The fourth-order valence-electron chi connectivity index (χ4n) is 2.83. The van der Waals surface area contributed by atoms with E-state index < -0.39 is 17.4 Å². The molecule has 3 N–H and O–H groups in total. The summed E-state index contributed by atoms with van der Waals surface area (Å²) in [6.07, 6.45) is 0.0256. The van der Waals surface area contributed by atoms with Gasteiger partial charge in [-0.15, -0.1) is 11.3 Å². The maximum Gasteiger partial charge on any atom is 0.310 e. The van der Waals surface area contributed by atoms with Gasteiger partial charge < -0.3 is 15.6 Å². The largest absolute Gasteiger partial charge is 0.469 e. The molecule has 3 rings (SSSR count). The van der Waals surface area contributed by atoms with Crippen LogP contribution in [0.3, 0.4) is 0 Å². The molecule has 5 nitrogen and oxygen atoms in total. The quantitative estimate of drug-likeness (QED) is 0.407. The normalized spacial score (nSPS) is 11.2. The van der Waals surface area contributed by atoms with E-state index in [0.717, 1.165) is 15.1 Å². The summed E-state index contributed by atoms with van der Waals surface area (Å²) in [5.41, 5.74) is 7.62. The Hall–Kier alpha value is -2.22. The van der Waals surface area contributed by atoms with Crippen molar-refractivity contribution in [3.8, 4) is 11.1 Å². The zero-order chi connectivity index (χ0) is 22.8. The first-order valence-electron chi connectivity index (χ1n) is 9.26. The predicted molar refractivity (Wildman–Crippen MR) is 122 cm³/mol. The number of aryl methyl sites for hydroxylation is 2. The number of fused-ring (bicyclic) bond motifs is 1. The van der Waals surface area contributed by atoms with E-state index >= 15 is 0 Å². The average molecular weight is 453 g/mol. The van der Waals surface area contributed by atoms with Gasteiger partial charge in [-0.1, -0.05) is 17.7 Å². The number of rotatable bonds is 3. The van der Waals surface area contributed by atoms with Gasteiger partial charge >= 0.3 is 5.97 Å². The molecule has 0 atom stereocenters. The maximum atomic E-state index is 14.3. The number of carbonyl (C=O) groups excluding carboxylic acids is 1. The van der Waals surface area contributed by atoms with Crippen molar-refractivity contribution in [2.45, 2.75) is 46.6 Å². The Balaban J connectivity index is 0.000000575. The maximum absolute atomic E-state index is 14.3. The van der Waals surface area contributed by atoms with E-state index in [9.17, 15) is 9.18 Å². The van der Waals surface area contributed by atoms with Crippen LogP contribution in [0.2, 0.25) is 5.02 Å². The van der Waals surface area contributed by atoms with Crippen LogP contribution in [0.4, 0.5) is 10.1 Å². The van der Waals surface area contributed by atoms with Crippen molar-refractivity contribution in [3.63, 3.8) is 0 Å². The average Bonchev–Trinajstić information content (AvgIpc) is 2.99. The zero-order valence-electron chi connectivity index (χ0n) is 17.9. The highest BCUT2D eigenvalue weighted by Gasteiger charge is 2.22. The molecule has 0 aliphatic carbocycles. The van der Waals surface area contributed by atoms with Crippen LogP contribution >= 0.6 is 22.9 Å². The number of halogens is 2. The molecule has 8 heteroatoms. The van der Waals surface area contributed by atoms with Crippen molar-refractivity contribution in [2.24, 2.45) is 0 Å². The van der Waals surface area contributed by atoms with Crippen molar-refractivity contribution in [2.75, 3.05) is 12.8 Å². The number of nitrogens with two attached hydrogens (primary N) is 1. The van der Waals surface area contributed by atoms with E-state index in [1.165, 1.54) is 24.5 Å². The van der Waals surface area contributed by atoms with Gasteiger partial charge in [0.2, 0.25) is 0 Å². The number of esters is 1. The highest BCUT2D eigenvalue weighted by atomic mass is 35.5. The summed E-state index contributed by atoms with van der Waals surface area (Å²) in [4.78, 5) is 18.4. The fourth-order valence-corrected chi connectivity index (χ4v) is 4.03. The third-order valence-electron chi connectivity index (χ3n) is 4.04. The van der Waals surface area contributed by atoms with Crippen molar-refractivity contribution in [1.82, 2.24) is 4.98 Å². The van der Waals surface area contributed by atoms with Gasteiger partial charge in [0.05, 0.1) is 29.8 Å². The summed E-state index contributed by atoms with van der Waals surface area (Å²) < 4.78 is 19.1. The number of carbonyl (C=O) groups is 1. The molecule has 0 bridgehead atoms. The molecule has 0 aliphatic rings. The minimum atomic E-state index is -0.669. The van der Waals surface area contributed by atoms with E-state index in [4.69, 9.17) is 27.2 Å². The fraction of sp³-hybridized carbons (Fsp3) is 0.364. The van der Waals surface area contributed by atoms with Crippen molar-refractivity contribution < 1.29 is 19.0 Å². The number of ether oxygens (including phenoxy) is 1. The Morgan fingerprint density at radius 3 is 2.50 bits per heavy atom. The van der Waals surface area contributed by atoms with E-state index in [2.05, 4.69) is 4.98 Å². The van der Waals surface area contributed by atoms with E-state index in [-0.39, 0.29) is 17.1 Å². The lowest BCUT2D eigenvalue weighted by Crippen LogP contribution is -2.10. The van der Waals surface area contributed by atoms with Gasteiger partial charge in [-0.2, -0.15) is 0 Å². The summed E-state index contributed by atoms with van der Waals surface area (Å²) in [6.45, 7) is 9.02. The third kappa shape index (κ3) is 5.68. The molecule has 2 aromatic heterocycles. The number of aromatic nitrogens is 1. The van der Waals surface area contributed by atoms with Gasteiger partial charge in [-0.25, -0.2) is 9.37 Å². The minimum Gasteiger partial charge on any atom is -0.469 e. The van der Waals surface area contributed by atoms with E-state index in [1.807, 2.05) is 19.9 Å². The molecule has 0 spiro atoms. The Kier molecular flexibility index (Phi) is 7.45. The third-order valence-corrected chi connectivity index (χ3v) is 5.36. The second-order valence-electron chi connectivity index (χ2n) is 7.88. The standard InChI is InChI=1S/C18H16ClFN2O2S.C4H10O/c1-8-6-12-15(10-4-5-13(21)17(20)16(10)19)11(7-14(23)24-3)9(2)22-18(12)25-8;1-4(2,3)5/h4-6H,7,21H2,1-3H3;5H,1-3H3. The lowest BCUT2D eigenvalue weighted by Gasteiger charge is -2.15. The first-order chi connectivity index (χ1) is 13.8. The van der Waals surface area contributed by atoms with Gasteiger partial charge in [-0.05, 0) is 57.9 Å². The van der Waals surface area contributed by atoms with Crippen molar-refractivity contribution >= 4 is 44.8 Å². The molecule has 0 saturated heterocycles. The zero-order valence-corrected chi connectivity index (χ0v) is 19.5. The van der Waals surface area contributed by atoms with Crippen LogP contribution in [0, 0.1) is 19.7 Å². The number of pyridine rings is 1. The van der Waals surface area contributed by atoms with Gasteiger partial charge in [0.1, 0.15) is 4.83 Å². The van der Waals surface area contributed by atoms with Crippen LogP contribution in [0.15, 0.2) is 18.2 Å². The first kappa shape index (κ1) is 24.1. The Morgan fingerprint density at radius 2 is 1.93 bits per heavy atom. The van der Waals surface area contributed by atoms with E-state index in [1.54, 1.807) is 26.8 Å². The van der Waals surface area contributed by atoms with Gasteiger partial charge in [0.25, 0.3) is 0 Å². The van der Waals surface area contributed by atoms with Gasteiger partial charge in [0.15, 0.2) is 5.82 Å². The number of aliphatic hydroxyl groups is 1. The summed E-state index contributed by atoms with van der Waals surface area (Å²) >= 11 is 7.78. The number of hydrogen-bond donors (Lipinski definition) is 2. The number of benzene rings is 1. The highest BCUT2D eigenvalue weighted by molar-refractivity contribution is 7.18. The molecule has 0 amide bonds. The van der Waals surface area contributed by atoms with Crippen LogP contribution in [0.1, 0.15) is 36.9 Å². The molecular formula is C22H26ClFN2O3S. The topological polar surface area (TPSA) is 85.4 Å². The summed E-state index contributed by atoms with van der Waals surface area (Å²) in [5, 5.41) is 9.28. The lowest BCUT2D eigenvalue weighted by molar-refractivity contribution is -0.139. The second-order valence-corrected chi connectivity index (χ2v) is 9.49. The van der Waals surface area contributed by atoms with Crippen molar-refractivity contribution in [1.29, 1.82) is 0 Å². The lowest BCUT2D eigenvalue weighted by atomic mass is 9.94. The summed E-state index contributed by atoms with van der Waals surface area (Å²) in [6, 6.07) is 5.11. The van der Waals surface area contributed by atoms with Crippen LogP contribution in [0.5, 0.6) is 0 Å². The molecular weight excluding hydrogens is 427 g/mol. The molecule has 2 heterocycles. The Morgan fingerprint density at radius 1 is 1.33 bits per heavy atom. The van der Waals surface area contributed by atoms with Crippen molar-refractivity contribution in [3.05, 3.63) is 45.2 Å². The van der Waals surface area contributed by atoms with Gasteiger partial charge in [0, 0.05) is 21.5 Å². The predicted octanol–water partition coefficient (Wildman–Crippen LogP) is 5.45. The Labute approximate surface area is 184 Å². The van der Waals surface area contributed by atoms with Crippen LogP contribution in [-0.2, 0) is 16.0 Å². The molecule has 3 aromatic rings. The monoisotopic (exact) mass is 452 g/mol. The second kappa shape index (κ2) is 9.29. The number of methoxy groups -OCH3 is 1. The van der Waals surface area contributed by atoms with Gasteiger partial charge in [-0.3, -0.25) is 4.79 Å². The van der Waals surface area contributed by atoms with Crippen LogP contribution < -0.4 is 5.73 Å². The molecule has 0 radical (unpaired) electrons.